The summed E-state index contributed by atoms with van der Waals surface area (Å²) >= 11 is 0. The molecule has 4 rings (SSSR count). The van der Waals surface area contributed by atoms with Crippen LogP contribution in [0.2, 0.25) is 0 Å². The third kappa shape index (κ3) is 6.12. The molecule has 0 aliphatic carbocycles. The molecule has 0 spiro atoms. The average molecular weight is 474 g/mol. The lowest BCUT2D eigenvalue weighted by Crippen LogP contribution is -2.10. The molecule has 0 aliphatic rings. The topological polar surface area (TPSA) is 78.5 Å². The monoisotopic (exact) mass is 473 g/mol. The number of hydrogen-bond acceptors (Lipinski definition) is 5. The van der Waals surface area contributed by atoms with Crippen molar-refractivity contribution in [3.05, 3.63) is 94.7 Å². The first kappa shape index (κ1) is 24.1. The number of ether oxygens (including phenoxy) is 2. The fraction of sp³-hybridized carbons (Fsp3) is 0.286. The van der Waals surface area contributed by atoms with Crippen LogP contribution in [0.25, 0.3) is 0 Å². The van der Waals surface area contributed by atoms with Gasteiger partial charge in [0.05, 0.1) is 18.1 Å². The van der Waals surface area contributed by atoms with Gasteiger partial charge in [0.2, 0.25) is 0 Å². The molecule has 2 aromatic carbocycles. The van der Waals surface area contributed by atoms with Crippen molar-refractivity contribution in [1.82, 2.24) is 9.78 Å². The molecule has 0 unspecified atom stereocenters. The predicted molar refractivity (Wildman–Crippen MR) is 135 cm³/mol. The van der Waals surface area contributed by atoms with E-state index in [0.29, 0.717) is 17.4 Å². The number of carbonyl (C=O) groups excluding carboxylic acids is 1. The molecule has 7 nitrogen and oxygen atoms in total. The van der Waals surface area contributed by atoms with Crippen molar-refractivity contribution in [1.29, 1.82) is 0 Å². The lowest BCUT2D eigenvalue weighted by molar-refractivity contribution is 0.0992. The maximum absolute atomic E-state index is 12.6. The van der Waals surface area contributed by atoms with Gasteiger partial charge in [-0.15, -0.1) is 0 Å². The van der Waals surface area contributed by atoms with Gasteiger partial charge in [0.25, 0.3) is 5.91 Å². The van der Waals surface area contributed by atoms with Crippen LogP contribution in [0.5, 0.6) is 11.5 Å². The largest absolute Gasteiger partial charge is 0.485 e. The van der Waals surface area contributed by atoms with Gasteiger partial charge < -0.3 is 19.2 Å². The Hall–Kier alpha value is -4.00. The Morgan fingerprint density at radius 1 is 1.00 bits per heavy atom. The Labute approximate surface area is 205 Å². The molecule has 0 saturated carbocycles. The van der Waals surface area contributed by atoms with E-state index in [9.17, 15) is 4.79 Å². The molecule has 182 valence electrons. The van der Waals surface area contributed by atoms with Crippen molar-refractivity contribution in [2.24, 2.45) is 0 Å². The van der Waals surface area contributed by atoms with Crippen LogP contribution in [-0.4, -0.2) is 15.7 Å². The molecular formula is C28H31N3O4. The number of aromatic nitrogens is 2. The van der Waals surface area contributed by atoms with Crippen LogP contribution in [0.3, 0.4) is 0 Å². The number of carbonyl (C=O) groups is 1. The molecule has 35 heavy (non-hydrogen) atoms. The summed E-state index contributed by atoms with van der Waals surface area (Å²) in [4.78, 5) is 12.6. The van der Waals surface area contributed by atoms with Crippen LogP contribution in [0.1, 0.15) is 58.3 Å². The van der Waals surface area contributed by atoms with E-state index in [2.05, 4.69) is 42.5 Å². The number of nitrogens with one attached hydrogen (secondary N) is 1. The molecule has 7 heteroatoms. The maximum Gasteiger partial charge on any atom is 0.291 e. The fourth-order valence-corrected chi connectivity index (χ4v) is 3.76. The highest BCUT2D eigenvalue weighted by Crippen LogP contribution is 2.28. The van der Waals surface area contributed by atoms with Crippen molar-refractivity contribution < 1.29 is 18.7 Å². The van der Waals surface area contributed by atoms with Gasteiger partial charge >= 0.3 is 0 Å². The minimum Gasteiger partial charge on any atom is -0.485 e. The van der Waals surface area contributed by atoms with E-state index in [1.165, 1.54) is 5.56 Å². The molecule has 0 atom stereocenters. The Morgan fingerprint density at radius 3 is 2.54 bits per heavy atom. The number of hydrogen-bond donors (Lipinski definition) is 1. The minimum absolute atomic E-state index is 0.205. The quantitative estimate of drug-likeness (QED) is 0.305. The van der Waals surface area contributed by atoms with E-state index >= 15 is 0 Å². The predicted octanol–water partition coefficient (Wildman–Crippen LogP) is 6.39. The van der Waals surface area contributed by atoms with Gasteiger partial charge in [0.15, 0.2) is 12.5 Å². The van der Waals surface area contributed by atoms with Crippen LogP contribution in [-0.2, 0) is 13.3 Å². The van der Waals surface area contributed by atoms with Crippen LogP contribution in [0, 0.1) is 20.8 Å². The van der Waals surface area contributed by atoms with E-state index in [-0.39, 0.29) is 25.0 Å². The minimum atomic E-state index is -0.357. The molecule has 0 aliphatic heterocycles. The number of anilines is 1. The normalized spacial score (nSPS) is 11.0. The van der Waals surface area contributed by atoms with Crippen molar-refractivity contribution in [3.63, 3.8) is 0 Å². The SMILES string of the molecule is Cc1ccc(OCn2cc(NC(=O)c3ccc(COc4cc(C)ccc4C(C)C)o3)cn2)c(C)c1. The van der Waals surface area contributed by atoms with Crippen LogP contribution >= 0.6 is 0 Å². The summed E-state index contributed by atoms with van der Waals surface area (Å²) in [6, 6.07) is 15.6. The highest BCUT2D eigenvalue weighted by atomic mass is 16.5. The molecule has 2 aromatic heterocycles. The number of aryl methyl sites for hydroxylation is 3. The smallest absolute Gasteiger partial charge is 0.291 e. The number of benzene rings is 2. The lowest BCUT2D eigenvalue weighted by atomic mass is 10.0. The third-order valence-electron chi connectivity index (χ3n) is 5.62. The first-order valence-corrected chi connectivity index (χ1v) is 11.6. The van der Waals surface area contributed by atoms with Crippen molar-refractivity contribution in [2.45, 2.75) is 53.9 Å². The van der Waals surface area contributed by atoms with Crippen LogP contribution in [0.4, 0.5) is 5.69 Å². The zero-order chi connectivity index (χ0) is 24.9. The van der Waals surface area contributed by atoms with E-state index < -0.39 is 0 Å². The molecule has 1 N–H and O–H groups in total. The lowest BCUT2D eigenvalue weighted by Gasteiger charge is -2.14. The van der Waals surface area contributed by atoms with Gasteiger partial charge in [-0.25, -0.2) is 4.68 Å². The van der Waals surface area contributed by atoms with Gasteiger partial charge in [0, 0.05) is 0 Å². The molecule has 4 aromatic rings. The van der Waals surface area contributed by atoms with Gasteiger partial charge in [0.1, 0.15) is 23.9 Å². The summed E-state index contributed by atoms with van der Waals surface area (Å²) in [7, 11) is 0. The Balaban J connectivity index is 1.32. The van der Waals surface area contributed by atoms with Gasteiger partial charge in [-0.3, -0.25) is 4.79 Å². The summed E-state index contributed by atoms with van der Waals surface area (Å²) in [5, 5.41) is 7.05. The number of rotatable bonds is 9. The Kier molecular flexibility index (Phi) is 7.25. The number of furan rings is 1. The zero-order valence-electron chi connectivity index (χ0n) is 20.8. The van der Waals surface area contributed by atoms with Crippen molar-refractivity contribution in [3.8, 4) is 11.5 Å². The second kappa shape index (κ2) is 10.5. The fourth-order valence-electron chi connectivity index (χ4n) is 3.76. The summed E-state index contributed by atoms with van der Waals surface area (Å²) in [5.74, 6) is 2.39. The third-order valence-corrected chi connectivity index (χ3v) is 5.62. The number of nitrogens with zero attached hydrogens (tertiary/aromatic N) is 2. The second-order valence-corrected chi connectivity index (χ2v) is 9.02. The Morgan fingerprint density at radius 2 is 1.77 bits per heavy atom. The summed E-state index contributed by atoms with van der Waals surface area (Å²) in [6.07, 6.45) is 3.28. The molecular weight excluding hydrogens is 442 g/mol. The van der Waals surface area contributed by atoms with Gasteiger partial charge in [-0.1, -0.05) is 43.7 Å². The zero-order valence-corrected chi connectivity index (χ0v) is 20.8. The van der Waals surface area contributed by atoms with Crippen molar-refractivity contribution >= 4 is 11.6 Å². The van der Waals surface area contributed by atoms with E-state index in [1.807, 2.05) is 39.0 Å². The highest BCUT2D eigenvalue weighted by Gasteiger charge is 2.14. The second-order valence-electron chi connectivity index (χ2n) is 9.02. The molecule has 2 heterocycles. The first-order valence-electron chi connectivity index (χ1n) is 11.6. The van der Waals surface area contributed by atoms with Crippen LogP contribution in [0.15, 0.2) is 65.3 Å². The number of amides is 1. The van der Waals surface area contributed by atoms with Gasteiger partial charge in [-0.2, -0.15) is 5.10 Å². The van der Waals surface area contributed by atoms with E-state index in [4.69, 9.17) is 13.9 Å². The van der Waals surface area contributed by atoms with Gasteiger partial charge in [-0.05, 0) is 67.6 Å². The average Bonchev–Trinajstić information content (AvgIpc) is 3.46. The molecule has 0 fully saturated rings. The highest BCUT2D eigenvalue weighted by molar-refractivity contribution is 6.02. The summed E-state index contributed by atoms with van der Waals surface area (Å²) in [5.41, 5.74) is 5.06. The maximum atomic E-state index is 12.6. The first-order chi connectivity index (χ1) is 16.8. The standard InChI is InChI=1S/C28H31N3O4/c1-18(2)24-9-6-20(4)13-27(24)33-16-23-8-11-26(35-23)28(32)30-22-14-29-31(15-22)17-34-25-10-7-19(3)12-21(25)5/h6-15,18H,16-17H2,1-5H3,(H,30,32). The van der Waals surface area contributed by atoms with Crippen molar-refractivity contribution in [2.75, 3.05) is 5.32 Å². The van der Waals surface area contributed by atoms with E-state index in [1.54, 1.807) is 29.2 Å². The molecule has 0 radical (unpaired) electrons. The van der Waals surface area contributed by atoms with Crippen LogP contribution < -0.4 is 14.8 Å². The molecule has 0 saturated heterocycles. The molecule has 0 bridgehead atoms. The summed E-state index contributed by atoms with van der Waals surface area (Å²) in [6.45, 7) is 10.8. The molecule has 1 amide bonds. The summed E-state index contributed by atoms with van der Waals surface area (Å²) < 4.78 is 19.2. The Bertz CT molecular complexity index is 1320. The van der Waals surface area contributed by atoms with E-state index in [0.717, 1.165) is 28.2 Å².